The summed E-state index contributed by atoms with van der Waals surface area (Å²) >= 11 is 0. The van der Waals surface area contributed by atoms with Crippen molar-refractivity contribution >= 4 is 41.5 Å². The minimum atomic E-state index is -1.31. The van der Waals surface area contributed by atoms with E-state index in [0.29, 0.717) is 44.5 Å². The molecule has 1 aromatic rings. The van der Waals surface area contributed by atoms with Gasteiger partial charge in [-0.05, 0) is 63.9 Å². The molecular formula is C40H61N5O11. The molecule has 2 fully saturated rings. The van der Waals surface area contributed by atoms with Gasteiger partial charge in [0.1, 0.15) is 17.7 Å². The summed E-state index contributed by atoms with van der Waals surface area (Å²) < 4.78 is 22.2. The molecule has 4 unspecified atom stereocenters. The van der Waals surface area contributed by atoms with E-state index in [2.05, 4.69) is 26.6 Å². The zero-order valence-electron chi connectivity index (χ0n) is 33.6. The molecule has 16 heteroatoms. The van der Waals surface area contributed by atoms with Gasteiger partial charge in [0.25, 0.3) is 5.91 Å². The fourth-order valence-electron chi connectivity index (χ4n) is 6.37. The number of rotatable bonds is 19. The highest BCUT2D eigenvalue weighted by molar-refractivity contribution is 6.38. The first-order valence-electron chi connectivity index (χ1n) is 19.7. The molecule has 4 atom stereocenters. The molecular weight excluding hydrogens is 726 g/mol. The van der Waals surface area contributed by atoms with E-state index in [1.807, 2.05) is 13.8 Å². The third kappa shape index (κ3) is 15.9. The van der Waals surface area contributed by atoms with E-state index in [1.165, 1.54) is 0 Å². The van der Waals surface area contributed by atoms with E-state index in [1.54, 1.807) is 58.0 Å². The van der Waals surface area contributed by atoms with Crippen molar-refractivity contribution in [2.75, 3.05) is 26.4 Å². The van der Waals surface area contributed by atoms with Crippen molar-refractivity contribution in [1.29, 1.82) is 0 Å². The van der Waals surface area contributed by atoms with Gasteiger partial charge in [-0.15, -0.1) is 0 Å². The predicted octanol–water partition coefficient (Wildman–Crippen LogP) is 3.12. The zero-order valence-corrected chi connectivity index (χ0v) is 33.6. The molecule has 0 bridgehead atoms. The summed E-state index contributed by atoms with van der Waals surface area (Å²) in [4.78, 5) is 93.0. The Kier molecular flexibility index (Phi) is 18.7. The summed E-state index contributed by atoms with van der Waals surface area (Å²) in [5, 5.41) is 12.9. The topological polar surface area (TPSA) is 217 Å². The molecule has 312 valence electrons. The Morgan fingerprint density at radius 2 is 1.46 bits per heavy atom. The minimum absolute atomic E-state index is 0.0734. The Hall–Kier alpha value is -4.57. The van der Waals surface area contributed by atoms with Crippen LogP contribution >= 0.6 is 0 Å². The smallest absolute Gasteiger partial charge is 0.407 e. The monoisotopic (exact) mass is 787 g/mol. The molecule has 56 heavy (non-hydrogen) atoms. The number of amides is 5. The Balaban J connectivity index is 1.72. The van der Waals surface area contributed by atoms with Crippen LogP contribution < -0.4 is 26.6 Å². The van der Waals surface area contributed by atoms with E-state index in [4.69, 9.17) is 18.9 Å². The molecule has 16 nitrogen and oxygen atoms in total. The lowest BCUT2D eigenvalue weighted by atomic mass is 9.83. The van der Waals surface area contributed by atoms with Gasteiger partial charge >= 0.3 is 12.1 Å². The Morgan fingerprint density at radius 1 is 0.821 bits per heavy atom. The molecule has 0 aromatic heterocycles. The van der Waals surface area contributed by atoms with Crippen LogP contribution in [0.4, 0.5) is 4.79 Å². The van der Waals surface area contributed by atoms with Crippen LogP contribution in [-0.2, 0) is 47.7 Å². The van der Waals surface area contributed by atoms with Gasteiger partial charge in [0.15, 0.2) is 12.3 Å². The minimum Gasteiger partial charge on any atom is -0.458 e. The van der Waals surface area contributed by atoms with E-state index in [9.17, 15) is 33.6 Å². The van der Waals surface area contributed by atoms with Crippen LogP contribution in [-0.4, -0.2) is 97.9 Å². The van der Waals surface area contributed by atoms with Gasteiger partial charge in [-0.25, -0.2) is 9.59 Å². The van der Waals surface area contributed by atoms with Gasteiger partial charge in [-0.2, -0.15) is 0 Å². The molecule has 1 saturated heterocycles. The Labute approximate surface area is 329 Å². The van der Waals surface area contributed by atoms with Crippen molar-refractivity contribution in [2.24, 2.45) is 11.8 Å². The molecule has 1 heterocycles. The molecule has 0 radical (unpaired) electrons. The molecule has 1 aliphatic carbocycles. The van der Waals surface area contributed by atoms with Gasteiger partial charge < -0.3 is 45.5 Å². The number of ether oxygens (including phenoxy) is 4. The maximum Gasteiger partial charge on any atom is 0.407 e. The van der Waals surface area contributed by atoms with Crippen molar-refractivity contribution in [1.82, 2.24) is 26.6 Å². The molecule has 1 aliphatic heterocycles. The van der Waals surface area contributed by atoms with Crippen LogP contribution in [0.25, 0.3) is 0 Å². The summed E-state index contributed by atoms with van der Waals surface area (Å²) in [7, 11) is 0. The fraction of sp³-hybridized carbons (Fsp3) is 0.675. The van der Waals surface area contributed by atoms with Crippen molar-refractivity contribution in [2.45, 2.75) is 135 Å². The highest BCUT2D eigenvalue weighted by Gasteiger charge is 2.37. The molecule has 5 N–H and O–H groups in total. The maximum atomic E-state index is 13.9. The SMILES string of the molecule is CCCC(NC(=O)C(CC1OCCCO1)NC(=O)C(NC(=O)OCC(C)C)C1CCCCC1)C(=O)C(=O)NCC(=O)NC(C(=O)OC(C)(C)C)c1ccccc1. The number of nitrogens with one attached hydrogen (secondary N) is 5. The molecule has 5 amide bonds. The lowest BCUT2D eigenvalue weighted by molar-refractivity contribution is -0.185. The molecule has 2 aliphatic rings. The zero-order chi connectivity index (χ0) is 41.3. The van der Waals surface area contributed by atoms with Gasteiger partial charge in [0.05, 0.1) is 32.4 Å². The van der Waals surface area contributed by atoms with Crippen LogP contribution in [0.1, 0.15) is 111 Å². The molecule has 0 spiro atoms. The first-order chi connectivity index (χ1) is 26.6. The highest BCUT2D eigenvalue weighted by Crippen LogP contribution is 2.27. The summed E-state index contributed by atoms with van der Waals surface area (Å²) in [6.07, 6.45) is 3.62. The van der Waals surface area contributed by atoms with Crippen molar-refractivity contribution < 1.29 is 52.5 Å². The number of benzene rings is 1. The van der Waals surface area contributed by atoms with E-state index < -0.39 is 84.1 Å². The summed E-state index contributed by atoms with van der Waals surface area (Å²) in [6, 6.07) is 3.70. The molecule has 1 saturated carbocycles. The molecule has 3 rings (SSSR count). The average molecular weight is 788 g/mol. The van der Waals surface area contributed by atoms with Crippen molar-refractivity contribution in [3.63, 3.8) is 0 Å². The van der Waals surface area contributed by atoms with Crippen molar-refractivity contribution in [3.8, 4) is 0 Å². The normalized spacial score (nSPS) is 17.3. The first-order valence-corrected chi connectivity index (χ1v) is 19.7. The maximum absolute atomic E-state index is 13.9. The number of Topliss-reactive ketones (excluding diaryl/α,β-unsaturated/α-hetero) is 1. The van der Waals surface area contributed by atoms with Crippen LogP contribution in [0.3, 0.4) is 0 Å². The number of carbonyl (C=O) groups is 7. The first kappa shape index (κ1) is 45.8. The average Bonchev–Trinajstić information content (AvgIpc) is 3.16. The standard InChI is InChI=1S/C40H61N5O11/c1-7-15-28(34(47)37(50)41-23-30(46)44-33(27-18-12-9-13-19-27)38(51)56-40(4,5)6)42-35(48)29(22-31-53-20-14-21-54-31)43-36(49)32(26-16-10-8-11-17-26)45-39(52)55-24-25(2)3/h9,12-13,18-19,25-26,28-29,31-33H,7-8,10-11,14-17,20-24H2,1-6H3,(H,41,50)(H,42,48)(H,43,49)(H,44,46)(H,45,52). The number of carbonyl (C=O) groups excluding carboxylic acids is 7. The summed E-state index contributed by atoms with van der Waals surface area (Å²) in [6.45, 7) is 10.9. The lowest BCUT2D eigenvalue weighted by Crippen LogP contribution is -2.59. The van der Waals surface area contributed by atoms with E-state index in [-0.39, 0.29) is 31.3 Å². The quantitative estimate of drug-likeness (QED) is 0.101. The second-order valence-corrected chi connectivity index (χ2v) is 15.7. The van der Waals surface area contributed by atoms with Crippen LogP contribution in [0, 0.1) is 11.8 Å². The van der Waals surface area contributed by atoms with E-state index >= 15 is 0 Å². The number of hydrogen-bond acceptors (Lipinski definition) is 11. The Morgan fingerprint density at radius 3 is 2.07 bits per heavy atom. The fourth-order valence-corrected chi connectivity index (χ4v) is 6.37. The third-order valence-electron chi connectivity index (χ3n) is 9.11. The number of alkyl carbamates (subject to hydrolysis) is 1. The second-order valence-electron chi connectivity index (χ2n) is 15.7. The molecule has 1 aromatic carbocycles. The number of ketones is 1. The van der Waals surface area contributed by atoms with Crippen molar-refractivity contribution in [3.05, 3.63) is 35.9 Å². The largest absolute Gasteiger partial charge is 0.458 e. The summed E-state index contributed by atoms with van der Waals surface area (Å²) in [5.74, 6) is -5.07. The van der Waals surface area contributed by atoms with E-state index in [0.717, 1.165) is 19.3 Å². The second kappa shape index (κ2) is 22.9. The van der Waals surface area contributed by atoms with Gasteiger partial charge in [-0.3, -0.25) is 24.0 Å². The van der Waals surface area contributed by atoms with Gasteiger partial charge in [0.2, 0.25) is 23.5 Å². The highest BCUT2D eigenvalue weighted by atomic mass is 16.7. The summed E-state index contributed by atoms with van der Waals surface area (Å²) in [5.41, 5.74) is -0.373. The predicted molar refractivity (Wildman–Crippen MR) is 205 cm³/mol. The lowest BCUT2D eigenvalue weighted by Gasteiger charge is -2.32. The number of hydrogen-bond donors (Lipinski definition) is 5. The third-order valence-corrected chi connectivity index (χ3v) is 9.11. The van der Waals surface area contributed by atoms with Gasteiger partial charge in [0, 0.05) is 6.42 Å². The van der Waals surface area contributed by atoms with Crippen LogP contribution in [0.5, 0.6) is 0 Å². The number of esters is 1. The van der Waals surface area contributed by atoms with Gasteiger partial charge in [-0.1, -0.05) is 76.8 Å². The Bertz CT molecular complexity index is 1470. The van der Waals surface area contributed by atoms with Crippen LogP contribution in [0.15, 0.2) is 30.3 Å². The van der Waals surface area contributed by atoms with Crippen LogP contribution in [0.2, 0.25) is 0 Å².